The Kier molecular flexibility index (Phi) is 4.68. The van der Waals surface area contributed by atoms with E-state index in [-0.39, 0.29) is 0 Å². The number of ether oxygens (including phenoxy) is 1. The number of thioether (sulfide) groups is 1. The van der Waals surface area contributed by atoms with Crippen LogP contribution >= 0.6 is 11.8 Å². The van der Waals surface area contributed by atoms with Crippen LogP contribution in [0.1, 0.15) is 11.7 Å². The number of nitrogens with zero attached hydrogens (tertiary/aromatic N) is 5. The van der Waals surface area contributed by atoms with Crippen LogP contribution in [0.4, 0.5) is 0 Å². The second-order valence-corrected chi connectivity index (χ2v) is 6.72. The van der Waals surface area contributed by atoms with E-state index >= 15 is 0 Å². The van der Waals surface area contributed by atoms with Gasteiger partial charge in [-0.25, -0.2) is 0 Å². The molecular formula is C18H17N5O3S. The zero-order valence-electron chi connectivity index (χ0n) is 15.0. The van der Waals surface area contributed by atoms with Crippen LogP contribution in [0.25, 0.3) is 22.8 Å². The summed E-state index contributed by atoms with van der Waals surface area (Å²) in [6.45, 7) is 1.90. The summed E-state index contributed by atoms with van der Waals surface area (Å²) in [6.07, 6.45) is 1.64. The van der Waals surface area contributed by atoms with Crippen LogP contribution in [0.3, 0.4) is 0 Å². The van der Waals surface area contributed by atoms with Crippen LogP contribution in [0.5, 0.6) is 5.75 Å². The molecule has 0 radical (unpaired) electrons. The maximum atomic E-state index is 5.75. The van der Waals surface area contributed by atoms with Gasteiger partial charge in [-0.1, -0.05) is 11.8 Å². The van der Waals surface area contributed by atoms with Gasteiger partial charge >= 0.3 is 0 Å². The lowest BCUT2D eigenvalue weighted by Crippen LogP contribution is -1.95. The fourth-order valence-electron chi connectivity index (χ4n) is 2.58. The molecular weight excluding hydrogens is 366 g/mol. The van der Waals surface area contributed by atoms with Crippen molar-refractivity contribution < 1.29 is 13.6 Å². The molecule has 4 rings (SSSR count). The quantitative estimate of drug-likeness (QED) is 0.465. The van der Waals surface area contributed by atoms with Crippen molar-refractivity contribution >= 4 is 11.8 Å². The lowest BCUT2D eigenvalue weighted by Gasteiger charge is -2.01. The first-order chi connectivity index (χ1) is 13.2. The Hall–Kier alpha value is -3.07. The number of rotatable bonds is 6. The zero-order valence-corrected chi connectivity index (χ0v) is 15.9. The van der Waals surface area contributed by atoms with E-state index in [2.05, 4.69) is 20.4 Å². The molecule has 0 amide bonds. The fraction of sp³-hybridized carbons (Fsp3) is 0.222. The minimum absolute atomic E-state index is 0.473. The highest BCUT2D eigenvalue weighted by Gasteiger charge is 2.16. The van der Waals surface area contributed by atoms with Gasteiger partial charge in [-0.15, -0.1) is 20.4 Å². The van der Waals surface area contributed by atoms with Gasteiger partial charge in [0.1, 0.15) is 11.5 Å². The topological polar surface area (TPSA) is 92.0 Å². The molecule has 8 nitrogen and oxygen atoms in total. The third-order valence-corrected chi connectivity index (χ3v) is 5.07. The monoisotopic (exact) mass is 383 g/mol. The molecule has 0 N–H and O–H groups in total. The van der Waals surface area contributed by atoms with E-state index in [9.17, 15) is 0 Å². The minimum atomic E-state index is 0.473. The first-order valence-corrected chi connectivity index (χ1v) is 9.17. The second kappa shape index (κ2) is 7.28. The maximum absolute atomic E-state index is 5.75. The van der Waals surface area contributed by atoms with Gasteiger partial charge in [-0.05, 0) is 37.3 Å². The van der Waals surface area contributed by atoms with Crippen molar-refractivity contribution in [3.63, 3.8) is 0 Å². The molecule has 0 unspecified atom stereocenters. The highest BCUT2D eigenvalue weighted by molar-refractivity contribution is 7.98. The highest BCUT2D eigenvalue weighted by atomic mass is 32.2. The summed E-state index contributed by atoms with van der Waals surface area (Å²) in [5.41, 5.74) is 1.77. The van der Waals surface area contributed by atoms with Crippen molar-refractivity contribution in [3.05, 3.63) is 48.2 Å². The summed E-state index contributed by atoms with van der Waals surface area (Å²) in [7, 11) is 3.55. The standard InChI is InChI=1S/C18H17N5O3S/c1-11-14(8-9-25-11)16-20-22-18(23(16)2)27-10-15-19-21-17(26-15)12-4-6-13(24-3)7-5-12/h4-9H,10H2,1-3H3. The Labute approximate surface area is 159 Å². The first kappa shape index (κ1) is 17.3. The summed E-state index contributed by atoms with van der Waals surface area (Å²) >= 11 is 1.48. The number of benzene rings is 1. The Morgan fingerprint density at radius 3 is 2.59 bits per heavy atom. The normalized spacial score (nSPS) is 11.1. The molecule has 0 aliphatic heterocycles. The molecule has 0 spiro atoms. The van der Waals surface area contributed by atoms with Crippen molar-refractivity contribution in [2.45, 2.75) is 17.8 Å². The molecule has 0 saturated carbocycles. The van der Waals surface area contributed by atoms with Crippen LogP contribution in [-0.4, -0.2) is 32.1 Å². The molecule has 138 valence electrons. The lowest BCUT2D eigenvalue weighted by atomic mass is 10.2. The smallest absolute Gasteiger partial charge is 0.247 e. The first-order valence-electron chi connectivity index (χ1n) is 8.19. The SMILES string of the molecule is COc1ccc(-c2nnc(CSc3nnc(-c4ccoc4C)n3C)o2)cc1. The predicted molar refractivity (Wildman–Crippen MR) is 99.3 cm³/mol. The van der Waals surface area contributed by atoms with E-state index < -0.39 is 0 Å². The molecule has 4 aromatic rings. The summed E-state index contributed by atoms with van der Waals surface area (Å²) in [5, 5.41) is 17.5. The van der Waals surface area contributed by atoms with E-state index in [1.807, 2.05) is 48.9 Å². The van der Waals surface area contributed by atoms with Gasteiger partial charge in [-0.2, -0.15) is 0 Å². The average Bonchev–Trinajstić information content (AvgIpc) is 3.41. The number of furan rings is 1. The van der Waals surface area contributed by atoms with E-state index in [4.69, 9.17) is 13.6 Å². The van der Waals surface area contributed by atoms with Crippen molar-refractivity contribution in [3.8, 4) is 28.6 Å². The fourth-order valence-corrected chi connectivity index (χ4v) is 3.33. The van der Waals surface area contributed by atoms with E-state index in [1.54, 1.807) is 13.4 Å². The number of hydrogen-bond donors (Lipinski definition) is 0. The van der Waals surface area contributed by atoms with Gasteiger partial charge in [-0.3, -0.25) is 0 Å². The Morgan fingerprint density at radius 1 is 1.07 bits per heavy atom. The Balaban J connectivity index is 1.46. The molecule has 0 bridgehead atoms. The van der Waals surface area contributed by atoms with Gasteiger partial charge < -0.3 is 18.1 Å². The van der Waals surface area contributed by atoms with Crippen molar-refractivity contribution in [1.29, 1.82) is 0 Å². The molecule has 0 aliphatic carbocycles. The van der Waals surface area contributed by atoms with Crippen LogP contribution in [-0.2, 0) is 12.8 Å². The van der Waals surface area contributed by atoms with Crippen molar-refractivity contribution in [1.82, 2.24) is 25.0 Å². The second-order valence-electron chi connectivity index (χ2n) is 5.77. The molecule has 9 heteroatoms. The van der Waals surface area contributed by atoms with Gasteiger partial charge in [0, 0.05) is 12.6 Å². The third kappa shape index (κ3) is 3.45. The van der Waals surface area contributed by atoms with E-state index in [1.165, 1.54) is 11.8 Å². The zero-order chi connectivity index (χ0) is 18.8. The van der Waals surface area contributed by atoms with Crippen LogP contribution < -0.4 is 4.74 Å². The molecule has 3 heterocycles. The maximum Gasteiger partial charge on any atom is 0.247 e. The van der Waals surface area contributed by atoms with Gasteiger partial charge in [0.05, 0.1) is 24.7 Å². The molecule has 27 heavy (non-hydrogen) atoms. The number of methoxy groups -OCH3 is 1. The van der Waals surface area contributed by atoms with Crippen LogP contribution in [0.15, 0.2) is 50.6 Å². The number of hydrogen-bond acceptors (Lipinski definition) is 8. The summed E-state index contributed by atoms with van der Waals surface area (Å²) in [4.78, 5) is 0. The molecule has 0 fully saturated rings. The average molecular weight is 383 g/mol. The number of aryl methyl sites for hydroxylation is 1. The minimum Gasteiger partial charge on any atom is -0.497 e. The summed E-state index contributed by atoms with van der Waals surface area (Å²) < 4.78 is 18.2. The Morgan fingerprint density at radius 2 is 1.89 bits per heavy atom. The third-order valence-electron chi connectivity index (χ3n) is 4.06. The van der Waals surface area contributed by atoms with E-state index in [0.717, 1.165) is 33.6 Å². The number of aromatic nitrogens is 5. The van der Waals surface area contributed by atoms with Gasteiger partial charge in [0.2, 0.25) is 11.8 Å². The van der Waals surface area contributed by atoms with Crippen LogP contribution in [0, 0.1) is 6.92 Å². The highest BCUT2D eigenvalue weighted by Crippen LogP contribution is 2.28. The van der Waals surface area contributed by atoms with Crippen molar-refractivity contribution in [2.75, 3.05) is 7.11 Å². The molecule has 0 saturated heterocycles. The molecule has 0 aliphatic rings. The summed E-state index contributed by atoms with van der Waals surface area (Å²) in [6, 6.07) is 9.35. The molecule has 0 atom stereocenters. The molecule has 3 aromatic heterocycles. The van der Waals surface area contributed by atoms with E-state index in [0.29, 0.717) is 17.5 Å². The van der Waals surface area contributed by atoms with Crippen molar-refractivity contribution in [2.24, 2.45) is 7.05 Å². The summed E-state index contributed by atoms with van der Waals surface area (Å²) in [5.74, 6) is 3.84. The predicted octanol–water partition coefficient (Wildman–Crippen LogP) is 3.73. The Bertz CT molecular complexity index is 1050. The largest absolute Gasteiger partial charge is 0.497 e. The lowest BCUT2D eigenvalue weighted by molar-refractivity contribution is 0.415. The molecule has 1 aromatic carbocycles. The van der Waals surface area contributed by atoms with Gasteiger partial charge in [0.25, 0.3) is 0 Å². The van der Waals surface area contributed by atoms with Gasteiger partial charge in [0.15, 0.2) is 11.0 Å². The van der Waals surface area contributed by atoms with Crippen LogP contribution in [0.2, 0.25) is 0 Å².